The fourth-order valence-corrected chi connectivity index (χ4v) is 5.32. The Morgan fingerprint density at radius 1 is 1.25 bits per heavy atom. The lowest BCUT2D eigenvalue weighted by Gasteiger charge is -2.24. The molecular weight excluding hydrogens is 426 g/mol. The van der Waals surface area contributed by atoms with Gasteiger partial charge in [0.15, 0.2) is 5.78 Å². The van der Waals surface area contributed by atoms with Crippen molar-refractivity contribution in [3.05, 3.63) is 68.7 Å². The number of thiophene rings is 1. The number of para-hydroxylation sites is 1. The molecule has 0 bridgehead atoms. The molecule has 0 amide bonds. The van der Waals surface area contributed by atoms with Crippen LogP contribution in [0.3, 0.4) is 0 Å². The number of hydrogen-bond donors (Lipinski definition) is 0. The lowest BCUT2D eigenvalue weighted by atomic mass is 9.83. The van der Waals surface area contributed by atoms with Crippen molar-refractivity contribution in [2.75, 3.05) is 18.6 Å². The van der Waals surface area contributed by atoms with E-state index >= 15 is 0 Å². The molecule has 3 aromatic rings. The monoisotopic (exact) mass is 451 g/mol. The van der Waals surface area contributed by atoms with Crippen molar-refractivity contribution in [3.63, 3.8) is 0 Å². The number of esters is 1. The van der Waals surface area contributed by atoms with E-state index in [1.54, 1.807) is 19.9 Å². The number of ether oxygens (including phenoxy) is 1. The van der Waals surface area contributed by atoms with Crippen molar-refractivity contribution in [2.24, 2.45) is 0 Å². The van der Waals surface area contributed by atoms with Gasteiger partial charge in [-0.3, -0.25) is 14.2 Å². The van der Waals surface area contributed by atoms with Gasteiger partial charge in [-0.05, 0) is 31.0 Å². The standard InChI is InChI=1S/C24H25N3O4S/c1-6-31-23(30)20-14(2)19-21(32-20)25-13-27(22(19)29)12-15(28)11-18-24(3,4)16-9-7-8-10-17(16)26(18)5/h7-11,13H,6,12H2,1-5H3/b18-11-. The molecule has 0 N–H and O–H groups in total. The van der Waals surface area contributed by atoms with Gasteiger partial charge in [-0.2, -0.15) is 0 Å². The van der Waals surface area contributed by atoms with Crippen LogP contribution >= 0.6 is 11.3 Å². The Hall–Kier alpha value is -3.26. The van der Waals surface area contributed by atoms with Crippen LogP contribution in [0.2, 0.25) is 0 Å². The highest BCUT2D eigenvalue weighted by molar-refractivity contribution is 7.20. The molecular formula is C24H25N3O4S. The van der Waals surface area contributed by atoms with Crippen molar-refractivity contribution in [1.82, 2.24) is 9.55 Å². The summed E-state index contributed by atoms with van der Waals surface area (Å²) in [5.41, 5.74) is 2.97. The number of aromatic nitrogens is 2. The molecule has 0 atom stereocenters. The molecule has 0 spiro atoms. The lowest BCUT2D eigenvalue weighted by Crippen LogP contribution is -2.27. The van der Waals surface area contributed by atoms with Gasteiger partial charge in [0.2, 0.25) is 0 Å². The van der Waals surface area contributed by atoms with Crippen LogP contribution in [-0.4, -0.2) is 35.0 Å². The molecule has 1 aliphatic rings. The summed E-state index contributed by atoms with van der Waals surface area (Å²) in [5.74, 6) is -0.666. The van der Waals surface area contributed by atoms with Crippen molar-refractivity contribution in [2.45, 2.75) is 39.7 Å². The topological polar surface area (TPSA) is 81.5 Å². The Kier molecular flexibility index (Phi) is 5.50. The molecule has 8 heteroatoms. The van der Waals surface area contributed by atoms with Gasteiger partial charge in [-0.1, -0.05) is 32.0 Å². The number of carbonyl (C=O) groups is 2. The first kappa shape index (κ1) is 22.0. The summed E-state index contributed by atoms with van der Waals surface area (Å²) in [6.45, 7) is 7.72. The summed E-state index contributed by atoms with van der Waals surface area (Å²) < 4.78 is 6.37. The molecule has 32 heavy (non-hydrogen) atoms. The zero-order valence-corrected chi connectivity index (χ0v) is 19.6. The third-order valence-electron chi connectivity index (χ3n) is 5.94. The maximum Gasteiger partial charge on any atom is 0.348 e. The van der Waals surface area contributed by atoms with E-state index in [1.807, 2.05) is 30.1 Å². The number of rotatable bonds is 5. The second-order valence-electron chi connectivity index (χ2n) is 8.33. The van der Waals surface area contributed by atoms with Crippen LogP contribution in [-0.2, 0) is 21.5 Å². The van der Waals surface area contributed by atoms with E-state index in [4.69, 9.17) is 4.74 Å². The van der Waals surface area contributed by atoms with E-state index < -0.39 is 5.97 Å². The van der Waals surface area contributed by atoms with Crippen LogP contribution in [0, 0.1) is 6.92 Å². The van der Waals surface area contributed by atoms with Gasteiger partial charge in [-0.15, -0.1) is 11.3 Å². The van der Waals surface area contributed by atoms with Crippen molar-refractivity contribution in [3.8, 4) is 0 Å². The zero-order valence-electron chi connectivity index (χ0n) is 18.8. The van der Waals surface area contributed by atoms with Gasteiger partial charge >= 0.3 is 5.97 Å². The van der Waals surface area contributed by atoms with E-state index in [1.165, 1.54) is 10.9 Å². The summed E-state index contributed by atoms with van der Waals surface area (Å²) in [4.78, 5) is 45.4. The summed E-state index contributed by atoms with van der Waals surface area (Å²) in [5, 5.41) is 0.353. The Balaban J connectivity index is 1.66. The number of likely N-dealkylation sites (N-methyl/N-ethyl adjacent to an activating group) is 1. The Morgan fingerprint density at radius 2 is 1.97 bits per heavy atom. The Morgan fingerprint density at radius 3 is 2.66 bits per heavy atom. The largest absolute Gasteiger partial charge is 0.462 e. The fourth-order valence-electron chi connectivity index (χ4n) is 4.29. The lowest BCUT2D eigenvalue weighted by molar-refractivity contribution is -0.115. The SMILES string of the molecule is CCOC(=O)c1sc2ncn(CC(=O)/C=C3\N(C)c4ccccc4C3(C)C)c(=O)c2c1C. The van der Waals surface area contributed by atoms with Gasteiger partial charge in [0.1, 0.15) is 9.71 Å². The Bertz CT molecular complexity index is 1330. The zero-order chi connectivity index (χ0) is 23.2. The maximum atomic E-state index is 13.1. The van der Waals surface area contributed by atoms with Crippen LogP contribution in [0.5, 0.6) is 0 Å². The van der Waals surface area contributed by atoms with E-state index in [2.05, 4.69) is 24.9 Å². The number of fused-ring (bicyclic) bond motifs is 2. The molecule has 2 aromatic heterocycles. The highest BCUT2D eigenvalue weighted by Gasteiger charge is 2.38. The maximum absolute atomic E-state index is 13.1. The van der Waals surface area contributed by atoms with Gasteiger partial charge < -0.3 is 9.64 Å². The van der Waals surface area contributed by atoms with Crippen LogP contribution < -0.4 is 10.5 Å². The second kappa shape index (κ2) is 8.02. The molecule has 0 unspecified atom stereocenters. The molecule has 7 nitrogen and oxygen atoms in total. The van der Waals surface area contributed by atoms with Crippen molar-refractivity contribution >= 4 is 39.0 Å². The normalized spacial score (nSPS) is 15.9. The van der Waals surface area contributed by atoms with Gasteiger partial charge in [0, 0.05) is 29.9 Å². The van der Waals surface area contributed by atoms with E-state index in [0.717, 1.165) is 28.3 Å². The third kappa shape index (κ3) is 3.44. The minimum atomic E-state index is -0.467. The minimum absolute atomic E-state index is 0.129. The minimum Gasteiger partial charge on any atom is -0.462 e. The van der Waals surface area contributed by atoms with E-state index in [-0.39, 0.29) is 29.9 Å². The van der Waals surface area contributed by atoms with Crippen molar-refractivity contribution < 1.29 is 14.3 Å². The first-order valence-electron chi connectivity index (χ1n) is 10.4. The number of anilines is 1. The molecule has 0 saturated heterocycles. The summed E-state index contributed by atoms with van der Waals surface area (Å²) in [6, 6.07) is 8.07. The summed E-state index contributed by atoms with van der Waals surface area (Å²) >= 11 is 1.13. The number of allylic oxidation sites excluding steroid dienone is 2. The predicted octanol–water partition coefficient (Wildman–Crippen LogP) is 3.82. The van der Waals surface area contributed by atoms with Crippen LogP contribution in [0.15, 0.2) is 47.2 Å². The molecule has 166 valence electrons. The molecule has 3 heterocycles. The quantitative estimate of drug-likeness (QED) is 0.433. The fraction of sp³-hybridized carbons (Fsp3) is 0.333. The number of carbonyl (C=O) groups excluding carboxylic acids is 2. The van der Waals surface area contributed by atoms with Gasteiger partial charge in [0.05, 0.1) is 24.9 Å². The first-order chi connectivity index (χ1) is 15.2. The predicted molar refractivity (Wildman–Crippen MR) is 126 cm³/mol. The molecule has 0 fully saturated rings. The number of nitrogens with zero attached hydrogens (tertiary/aromatic N) is 3. The van der Waals surface area contributed by atoms with E-state index in [0.29, 0.717) is 20.7 Å². The van der Waals surface area contributed by atoms with Crippen LogP contribution in [0.1, 0.15) is 41.6 Å². The molecule has 1 aliphatic heterocycles. The summed E-state index contributed by atoms with van der Waals surface area (Å²) in [7, 11) is 1.94. The highest BCUT2D eigenvalue weighted by Crippen LogP contribution is 2.46. The van der Waals surface area contributed by atoms with Crippen LogP contribution in [0.4, 0.5) is 5.69 Å². The average Bonchev–Trinajstić information content (AvgIpc) is 3.19. The van der Waals surface area contributed by atoms with Gasteiger partial charge in [0.25, 0.3) is 5.56 Å². The number of benzene rings is 1. The molecule has 0 radical (unpaired) electrons. The number of hydrogen-bond acceptors (Lipinski definition) is 7. The Labute approximate surface area is 190 Å². The van der Waals surface area contributed by atoms with Gasteiger partial charge in [-0.25, -0.2) is 9.78 Å². The highest BCUT2D eigenvalue weighted by atomic mass is 32.1. The second-order valence-corrected chi connectivity index (χ2v) is 9.33. The molecule has 0 aliphatic carbocycles. The summed E-state index contributed by atoms with van der Waals surface area (Å²) in [6.07, 6.45) is 2.98. The first-order valence-corrected chi connectivity index (χ1v) is 11.2. The smallest absolute Gasteiger partial charge is 0.348 e. The third-order valence-corrected chi connectivity index (χ3v) is 7.12. The molecule has 0 saturated carbocycles. The molecule has 4 rings (SSSR count). The van der Waals surface area contributed by atoms with Crippen LogP contribution in [0.25, 0.3) is 10.2 Å². The average molecular weight is 452 g/mol. The number of ketones is 1. The molecule has 1 aromatic carbocycles. The number of aryl methyl sites for hydroxylation is 1. The van der Waals surface area contributed by atoms with E-state index in [9.17, 15) is 14.4 Å². The van der Waals surface area contributed by atoms with Crippen molar-refractivity contribution in [1.29, 1.82) is 0 Å².